The first-order chi connectivity index (χ1) is 8.43. The fourth-order valence-corrected chi connectivity index (χ4v) is 2.95. The molecule has 2 atom stereocenters. The molecule has 1 aromatic rings. The van der Waals surface area contributed by atoms with Crippen molar-refractivity contribution in [3.05, 3.63) is 24.3 Å². The molecule has 3 rings (SSSR count). The van der Waals surface area contributed by atoms with Gasteiger partial charge in [-0.3, -0.25) is 9.97 Å². The van der Waals surface area contributed by atoms with Gasteiger partial charge in [-0.2, -0.15) is 0 Å². The molecule has 2 fully saturated rings. The van der Waals surface area contributed by atoms with Gasteiger partial charge in [0.25, 0.3) is 0 Å². The molecule has 2 aliphatic rings. The lowest BCUT2D eigenvalue weighted by molar-refractivity contribution is 0.290. The number of hydrogen-bond donors (Lipinski definition) is 1. The largest absolute Gasteiger partial charge is 0.314 e. The zero-order chi connectivity index (χ0) is 11.5. The molecule has 1 aromatic heterocycles. The number of aromatic nitrogens is 2. The highest BCUT2D eigenvalue weighted by molar-refractivity contribution is 5.07. The van der Waals surface area contributed by atoms with Gasteiger partial charge in [0.15, 0.2) is 0 Å². The first-order valence-corrected chi connectivity index (χ1v) is 6.93. The Balaban J connectivity index is 1.66. The van der Waals surface area contributed by atoms with Crippen LogP contribution in [0.5, 0.6) is 0 Å². The summed E-state index contributed by atoms with van der Waals surface area (Å²) in [5, 5.41) is 3.68. The van der Waals surface area contributed by atoms with Crippen LogP contribution >= 0.6 is 0 Å². The van der Waals surface area contributed by atoms with Crippen molar-refractivity contribution in [3.63, 3.8) is 0 Å². The third kappa shape index (κ3) is 2.83. The first kappa shape index (κ1) is 11.1. The van der Waals surface area contributed by atoms with Gasteiger partial charge < -0.3 is 5.32 Å². The smallest absolute Gasteiger partial charge is 0.0620 e. The predicted molar refractivity (Wildman–Crippen MR) is 67.8 cm³/mol. The summed E-state index contributed by atoms with van der Waals surface area (Å²) in [4.78, 5) is 8.72. The van der Waals surface area contributed by atoms with Crippen LogP contribution < -0.4 is 5.32 Å². The molecule has 17 heavy (non-hydrogen) atoms. The lowest BCUT2D eigenvalue weighted by atomic mass is 9.77. The van der Waals surface area contributed by atoms with E-state index in [2.05, 4.69) is 15.3 Å². The molecule has 1 heterocycles. The summed E-state index contributed by atoms with van der Waals surface area (Å²) >= 11 is 0. The maximum absolute atomic E-state index is 4.51. The molecule has 2 aliphatic carbocycles. The third-order valence-electron chi connectivity index (χ3n) is 4.12. The van der Waals surface area contributed by atoms with Crippen LogP contribution in [0.2, 0.25) is 0 Å². The van der Waals surface area contributed by atoms with E-state index in [-0.39, 0.29) is 0 Å². The Labute approximate surface area is 103 Å². The van der Waals surface area contributed by atoms with Gasteiger partial charge in [-0.05, 0) is 38.1 Å². The SMILES string of the molecule is c1cnc(C2CCCCC2CNC2CC2)cn1. The summed E-state index contributed by atoms with van der Waals surface area (Å²) in [5.41, 5.74) is 1.20. The van der Waals surface area contributed by atoms with Gasteiger partial charge in [-0.15, -0.1) is 0 Å². The van der Waals surface area contributed by atoms with E-state index in [1.165, 1.54) is 50.8 Å². The van der Waals surface area contributed by atoms with Crippen LogP contribution in [-0.4, -0.2) is 22.6 Å². The van der Waals surface area contributed by atoms with Gasteiger partial charge in [-0.1, -0.05) is 12.8 Å². The Kier molecular flexibility index (Phi) is 3.36. The fraction of sp³-hybridized carbons (Fsp3) is 0.714. The van der Waals surface area contributed by atoms with E-state index >= 15 is 0 Å². The lowest BCUT2D eigenvalue weighted by Crippen LogP contribution is -2.31. The van der Waals surface area contributed by atoms with Crippen molar-refractivity contribution in [2.75, 3.05) is 6.54 Å². The topological polar surface area (TPSA) is 37.8 Å². The second kappa shape index (κ2) is 5.13. The molecule has 92 valence electrons. The molecule has 0 spiro atoms. The zero-order valence-corrected chi connectivity index (χ0v) is 10.3. The molecule has 3 nitrogen and oxygen atoms in total. The molecule has 0 saturated heterocycles. The van der Waals surface area contributed by atoms with Crippen molar-refractivity contribution in [2.45, 2.75) is 50.5 Å². The highest BCUT2D eigenvalue weighted by Crippen LogP contribution is 2.36. The summed E-state index contributed by atoms with van der Waals surface area (Å²) in [6.45, 7) is 1.17. The molecule has 0 aromatic carbocycles. The Morgan fingerprint density at radius 3 is 2.76 bits per heavy atom. The van der Waals surface area contributed by atoms with E-state index in [9.17, 15) is 0 Å². The number of rotatable bonds is 4. The molecule has 0 radical (unpaired) electrons. The van der Waals surface area contributed by atoms with Crippen LogP contribution in [-0.2, 0) is 0 Å². The van der Waals surface area contributed by atoms with Crippen LogP contribution in [0.1, 0.15) is 50.1 Å². The quantitative estimate of drug-likeness (QED) is 0.865. The van der Waals surface area contributed by atoms with E-state index < -0.39 is 0 Å². The molecule has 0 aliphatic heterocycles. The molecule has 3 heteroatoms. The normalized spacial score (nSPS) is 29.2. The summed E-state index contributed by atoms with van der Waals surface area (Å²) in [6, 6.07) is 0.819. The summed E-state index contributed by atoms with van der Waals surface area (Å²) < 4.78 is 0. The van der Waals surface area contributed by atoms with Crippen molar-refractivity contribution >= 4 is 0 Å². The van der Waals surface area contributed by atoms with Crippen molar-refractivity contribution < 1.29 is 0 Å². The van der Waals surface area contributed by atoms with Gasteiger partial charge in [0.2, 0.25) is 0 Å². The summed E-state index contributed by atoms with van der Waals surface area (Å²) in [6.07, 6.45) is 13.7. The Morgan fingerprint density at radius 2 is 2.00 bits per heavy atom. The van der Waals surface area contributed by atoms with Crippen molar-refractivity contribution in [3.8, 4) is 0 Å². The molecular weight excluding hydrogens is 210 g/mol. The van der Waals surface area contributed by atoms with Crippen molar-refractivity contribution in [2.24, 2.45) is 5.92 Å². The Morgan fingerprint density at radius 1 is 1.12 bits per heavy atom. The maximum Gasteiger partial charge on any atom is 0.0620 e. The van der Waals surface area contributed by atoms with Gasteiger partial charge in [-0.25, -0.2) is 0 Å². The maximum atomic E-state index is 4.51. The molecule has 1 N–H and O–H groups in total. The van der Waals surface area contributed by atoms with Crippen LogP contribution in [0.15, 0.2) is 18.6 Å². The van der Waals surface area contributed by atoms with Crippen molar-refractivity contribution in [1.82, 2.24) is 15.3 Å². The fourth-order valence-electron chi connectivity index (χ4n) is 2.95. The van der Waals surface area contributed by atoms with Gasteiger partial charge in [0.1, 0.15) is 0 Å². The zero-order valence-electron chi connectivity index (χ0n) is 10.3. The predicted octanol–water partition coefficient (Wildman–Crippen LogP) is 2.50. The van der Waals surface area contributed by atoms with Crippen molar-refractivity contribution in [1.29, 1.82) is 0 Å². The van der Waals surface area contributed by atoms with Gasteiger partial charge >= 0.3 is 0 Å². The monoisotopic (exact) mass is 231 g/mol. The van der Waals surface area contributed by atoms with Gasteiger partial charge in [0, 0.05) is 30.6 Å². The van der Waals surface area contributed by atoms with E-state index in [0.717, 1.165) is 12.0 Å². The number of nitrogens with one attached hydrogen (secondary N) is 1. The number of hydrogen-bond acceptors (Lipinski definition) is 3. The first-order valence-electron chi connectivity index (χ1n) is 6.93. The lowest BCUT2D eigenvalue weighted by Gasteiger charge is -2.31. The minimum atomic E-state index is 0.628. The van der Waals surface area contributed by atoms with Crippen LogP contribution in [0, 0.1) is 5.92 Å². The van der Waals surface area contributed by atoms with Crippen LogP contribution in [0.25, 0.3) is 0 Å². The molecule has 0 bridgehead atoms. The van der Waals surface area contributed by atoms with Gasteiger partial charge in [0.05, 0.1) is 5.69 Å². The second-order valence-electron chi connectivity index (χ2n) is 5.46. The third-order valence-corrected chi connectivity index (χ3v) is 4.12. The van der Waals surface area contributed by atoms with Crippen LogP contribution in [0.3, 0.4) is 0 Å². The minimum absolute atomic E-state index is 0.628. The molecule has 2 saturated carbocycles. The average Bonchev–Trinajstić information content (AvgIpc) is 3.22. The molecule has 0 amide bonds. The Bertz CT molecular complexity index is 348. The average molecular weight is 231 g/mol. The van der Waals surface area contributed by atoms with E-state index in [0.29, 0.717) is 5.92 Å². The molecular formula is C14H21N3. The summed E-state index contributed by atoms with van der Waals surface area (Å²) in [5.74, 6) is 1.39. The van der Waals surface area contributed by atoms with E-state index in [4.69, 9.17) is 0 Å². The van der Waals surface area contributed by atoms with E-state index in [1.54, 1.807) is 6.20 Å². The number of nitrogens with zero attached hydrogens (tertiary/aromatic N) is 2. The minimum Gasteiger partial charge on any atom is -0.314 e. The Hall–Kier alpha value is -0.960. The van der Waals surface area contributed by atoms with E-state index in [1.807, 2.05) is 12.4 Å². The standard InChI is InChI=1S/C14H21N3/c1-2-4-13(14-10-15-7-8-16-14)11(3-1)9-17-12-5-6-12/h7-8,10-13,17H,1-6,9H2. The van der Waals surface area contributed by atoms with Crippen LogP contribution in [0.4, 0.5) is 0 Å². The highest BCUT2D eigenvalue weighted by Gasteiger charge is 2.29. The molecule has 2 unspecified atom stereocenters. The summed E-state index contributed by atoms with van der Waals surface area (Å²) in [7, 11) is 0. The highest BCUT2D eigenvalue weighted by atomic mass is 14.9. The second-order valence-corrected chi connectivity index (χ2v) is 5.46.